The summed E-state index contributed by atoms with van der Waals surface area (Å²) in [6.45, 7) is 4.82. The minimum Gasteiger partial charge on any atom is -0.454 e. The van der Waals surface area contributed by atoms with Crippen LogP contribution in [-0.4, -0.2) is 29.9 Å². The number of hydrogen-bond donors (Lipinski definition) is 1. The van der Waals surface area contributed by atoms with E-state index < -0.39 is 0 Å². The van der Waals surface area contributed by atoms with E-state index in [-0.39, 0.29) is 12.8 Å². The fraction of sp³-hybridized carbons (Fsp3) is 0.375. The Labute approximate surface area is 134 Å². The number of aryl methyl sites for hydroxylation is 2. The average Bonchev–Trinajstić information content (AvgIpc) is 3.13. The van der Waals surface area contributed by atoms with Crippen molar-refractivity contribution in [2.75, 3.05) is 13.8 Å². The Morgan fingerprint density at radius 3 is 2.83 bits per heavy atom. The Bertz CT molecular complexity index is 707. The Balaban J connectivity index is 1.56. The van der Waals surface area contributed by atoms with Gasteiger partial charge in [0.05, 0.1) is 12.2 Å². The summed E-state index contributed by atoms with van der Waals surface area (Å²) in [6.07, 6.45) is 0. The number of urea groups is 1. The molecule has 0 radical (unpaired) electrons. The van der Waals surface area contributed by atoms with E-state index in [0.717, 1.165) is 28.3 Å². The number of carbonyl (C=O) groups excluding carboxylic acids is 1. The summed E-state index contributed by atoms with van der Waals surface area (Å²) in [5, 5.41) is 6.78. The number of nitrogens with zero attached hydrogens (tertiary/aromatic N) is 2. The monoisotopic (exact) mass is 317 g/mol. The summed E-state index contributed by atoms with van der Waals surface area (Å²) in [4.78, 5) is 13.8. The van der Waals surface area contributed by atoms with Gasteiger partial charge in [0, 0.05) is 19.2 Å². The molecule has 7 heteroatoms. The van der Waals surface area contributed by atoms with Crippen LogP contribution in [0.2, 0.25) is 0 Å². The van der Waals surface area contributed by atoms with Crippen molar-refractivity contribution in [3.8, 4) is 11.5 Å². The summed E-state index contributed by atoms with van der Waals surface area (Å²) >= 11 is 0. The molecular weight excluding hydrogens is 298 g/mol. The van der Waals surface area contributed by atoms with Gasteiger partial charge < -0.3 is 24.2 Å². The number of fused-ring (bicyclic) bond motifs is 1. The van der Waals surface area contributed by atoms with E-state index in [2.05, 4.69) is 10.5 Å². The minimum atomic E-state index is -0.164. The van der Waals surface area contributed by atoms with Gasteiger partial charge in [0.1, 0.15) is 5.76 Å². The van der Waals surface area contributed by atoms with Crippen molar-refractivity contribution in [2.24, 2.45) is 0 Å². The molecule has 0 saturated heterocycles. The van der Waals surface area contributed by atoms with Gasteiger partial charge >= 0.3 is 6.03 Å². The topological polar surface area (TPSA) is 76.8 Å². The molecule has 1 aliphatic heterocycles. The van der Waals surface area contributed by atoms with E-state index in [0.29, 0.717) is 18.8 Å². The van der Waals surface area contributed by atoms with Gasteiger partial charge in [0.15, 0.2) is 11.5 Å². The smallest absolute Gasteiger partial charge is 0.317 e. The molecule has 0 unspecified atom stereocenters. The third kappa shape index (κ3) is 3.23. The quantitative estimate of drug-likeness (QED) is 0.937. The molecule has 7 nitrogen and oxygen atoms in total. The predicted molar refractivity (Wildman–Crippen MR) is 82.2 cm³/mol. The third-order valence-electron chi connectivity index (χ3n) is 3.80. The molecule has 2 aromatic rings. The number of aromatic nitrogens is 1. The fourth-order valence-electron chi connectivity index (χ4n) is 2.40. The molecule has 3 rings (SSSR count). The lowest BCUT2D eigenvalue weighted by atomic mass is 10.2. The molecule has 23 heavy (non-hydrogen) atoms. The normalized spacial score (nSPS) is 12.3. The SMILES string of the molecule is Cc1noc(C)c1CN(C)C(=O)NCc1ccc2c(c1)OCO2. The molecule has 1 aliphatic rings. The molecule has 1 N–H and O–H groups in total. The van der Waals surface area contributed by atoms with Gasteiger partial charge in [-0.2, -0.15) is 0 Å². The zero-order valence-electron chi connectivity index (χ0n) is 13.4. The van der Waals surface area contributed by atoms with Gasteiger partial charge in [-0.25, -0.2) is 4.79 Å². The first-order valence-corrected chi connectivity index (χ1v) is 7.34. The van der Waals surface area contributed by atoms with Gasteiger partial charge in [-0.3, -0.25) is 0 Å². The zero-order chi connectivity index (χ0) is 16.4. The Morgan fingerprint density at radius 1 is 1.30 bits per heavy atom. The highest BCUT2D eigenvalue weighted by atomic mass is 16.7. The van der Waals surface area contributed by atoms with Crippen molar-refractivity contribution in [3.63, 3.8) is 0 Å². The second-order valence-electron chi connectivity index (χ2n) is 5.51. The van der Waals surface area contributed by atoms with Crippen molar-refractivity contribution in [1.29, 1.82) is 0 Å². The number of nitrogens with one attached hydrogen (secondary N) is 1. The summed E-state index contributed by atoms with van der Waals surface area (Å²) in [5.41, 5.74) is 2.69. The Hall–Kier alpha value is -2.70. The molecule has 0 atom stereocenters. The van der Waals surface area contributed by atoms with Gasteiger partial charge in [-0.15, -0.1) is 0 Å². The van der Waals surface area contributed by atoms with Crippen LogP contribution in [0.15, 0.2) is 22.7 Å². The highest BCUT2D eigenvalue weighted by Crippen LogP contribution is 2.32. The summed E-state index contributed by atoms with van der Waals surface area (Å²) in [5.74, 6) is 2.18. The number of carbonyl (C=O) groups is 1. The van der Waals surface area contributed by atoms with E-state index in [1.165, 1.54) is 0 Å². The van der Waals surface area contributed by atoms with Crippen molar-refractivity contribution in [3.05, 3.63) is 40.8 Å². The van der Waals surface area contributed by atoms with E-state index in [1.807, 2.05) is 32.0 Å². The maximum absolute atomic E-state index is 12.2. The summed E-state index contributed by atoms with van der Waals surface area (Å²) in [7, 11) is 1.74. The van der Waals surface area contributed by atoms with Crippen molar-refractivity contribution < 1.29 is 18.8 Å². The molecule has 2 heterocycles. The molecule has 0 saturated carbocycles. The van der Waals surface area contributed by atoms with Crippen LogP contribution < -0.4 is 14.8 Å². The van der Waals surface area contributed by atoms with Crippen molar-refractivity contribution in [1.82, 2.24) is 15.4 Å². The summed E-state index contributed by atoms with van der Waals surface area (Å²) in [6, 6.07) is 5.46. The van der Waals surface area contributed by atoms with E-state index >= 15 is 0 Å². The molecule has 0 aliphatic carbocycles. The molecule has 0 spiro atoms. The Morgan fingerprint density at radius 2 is 2.09 bits per heavy atom. The average molecular weight is 317 g/mol. The fourth-order valence-corrected chi connectivity index (χ4v) is 2.40. The van der Waals surface area contributed by atoms with Crippen LogP contribution in [0.25, 0.3) is 0 Å². The highest BCUT2D eigenvalue weighted by molar-refractivity contribution is 5.74. The third-order valence-corrected chi connectivity index (χ3v) is 3.80. The number of ether oxygens (including phenoxy) is 2. The molecule has 1 aromatic heterocycles. The molecule has 1 aromatic carbocycles. The number of rotatable bonds is 4. The number of benzene rings is 1. The van der Waals surface area contributed by atoms with E-state index in [9.17, 15) is 4.79 Å². The van der Waals surface area contributed by atoms with E-state index in [1.54, 1.807) is 11.9 Å². The maximum Gasteiger partial charge on any atom is 0.317 e. The minimum absolute atomic E-state index is 0.164. The van der Waals surface area contributed by atoms with Gasteiger partial charge in [0.2, 0.25) is 6.79 Å². The van der Waals surface area contributed by atoms with Crippen LogP contribution >= 0.6 is 0 Å². The largest absolute Gasteiger partial charge is 0.454 e. The first kappa shape index (κ1) is 15.2. The zero-order valence-corrected chi connectivity index (χ0v) is 13.4. The predicted octanol–water partition coefficient (Wildman–Crippen LogP) is 2.36. The molecule has 122 valence electrons. The Kier molecular flexibility index (Phi) is 4.10. The second kappa shape index (κ2) is 6.20. The highest BCUT2D eigenvalue weighted by Gasteiger charge is 2.16. The van der Waals surface area contributed by atoms with E-state index in [4.69, 9.17) is 14.0 Å². The molecular formula is C16H19N3O4. The maximum atomic E-state index is 12.2. The van der Waals surface area contributed by atoms with Crippen LogP contribution in [0.4, 0.5) is 4.79 Å². The lowest BCUT2D eigenvalue weighted by Gasteiger charge is -2.18. The molecule has 2 amide bonds. The molecule has 0 fully saturated rings. The number of amides is 2. The van der Waals surface area contributed by atoms with Crippen LogP contribution in [0.5, 0.6) is 11.5 Å². The van der Waals surface area contributed by atoms with Crippen LogP contribution in [-0.2, 0) is 13.1 Å². The van der Waals surface area contributed by atoms with Crippen LogP contribution in [0.3, 0.4) is 0 Å². The van der Waals surface area contributed by atoms with Gasteiger partial charge in [0.25, 0.3) is 0 Å². The van der Waals surface area contributed by atoms with Gasteiger partial charge in [-0.05, 0) is 31.5 Å². The van der Waals surface area contributed by atoms with Crippen LogP contribution in [0, 0.1) is 13.8 Å². The van der Waals surface area contributed by atoms with Crippen molar-refractivity contribution >= 4 is 6.03 Å². The van der Waals surface area contributed by atoms with Gasteiger partial charge in [-0.1, -0.05) is 11.2 Å². The lowest BCUT2D eigenvalue weighted by Crippen LogP contribution is -2.36. The first-order chi connectivity index (χ1) is 11.0. The summed E-state index contributed by atoms with van der Waals surface area (Å²) < 4.78 is 15.7. The second-order valence-corrected chi connectivity index (χ2v) is 5.51. The first-order valence-electron chi connectivity index (χ1n) is 7.34. The van der Waals surface area contributed by atoms with Crippen molar-refractivity contribution in [2.45, 2.75) is 26.9 Å². The number of hydrogen-bond acceptors (Lipinski definition) is 5. The molecule has 0 bridgehead atoms. The lowest BCUT2D eigenvalue weighted by molar-refractivity contribution is 0.174. The van der Waals surface area contributed by atoms with Crippen LogP contribution in [0.1, 0.15) is 22.6 Å². The standard InChI is InChI=1S/C16H19N3O4/c1-10-13(11(2)23-18-10)8-19(3)16(20)17-7-12-4-5-14-15(6-12)22-9-21-14/h4-6H,7-9H2,1-3H3,(H,17,20).